The van der Waals surface area contributed by atoms with Crippen LogP contribution in [-0.4, -0.2) is 36.4 Å². The Kier molecular flexibility index (Phi) is 10.4. The molecule has 0 aliphatic heterocycles. The van der Waals surface area contributed by atoms with Gasteiger partial charge in [0, 0.05) is 42.6 Å². The maximum absolute atomic E-state index is 13.0. The van der Waals surface area contributed by atoms with Crippen molar-refractivity contribution >= 4 is 97.2 Å². The number of nitrogen functional groups attached to an aromatic ring is 1. The van der Waals surface area contributed by atoms with Crippen molar-refractivity contribution in [3.8, 4) is 0 Å². The molecular formula is C17H18I3NO7. The number of nitrogens with two attached hydrogens (primary N) is 1. The lowest BCUT2D eigenvalue weighted by Crippen LogP contribution is -2.27. The molecule has 2 N–H and O–H groups in total. The van der Waals surface area contributed by atoms with Gasteiger partial charge in [0.05, 0.1) is 12.1 Å². The van der Waals surface area contributed by atoms with Crippen molar-refractivity contribution in [2.24, 2.45) is 0 Å². The number of hydrogen-bond acceptors (Lipinski definition) is 8. The predicted molar refractivity (Wildman–Crippen MR) is 126 cm³/mol. The highest BCUT2D eigenvalue weighted by molar-refractivity contribution is 14.1. The van der Waals surface area contributed by atoms with E-state index in [1.807, 2.05) is 67.8 Å². The minimum atomic E-state index is -0.919. The number of esters is 3. The first kappa shape index (κ1) is 25.3. The third kappa shape index (κ3) is 7.27. The second-order valence-electron chi connectivity index (χ2n) is 5.65. The number of benzene rings is 1. The summed E-state index contributed by atoms with van der Waals surface area (Å²) in [7, 11) is 0. The molecule has 0 aliphatic rings. The Morgan fingerprint density at radius 3 is 1.96 bits per heavy atom. The number of halogens is 3. The van der Waals surface area contributed by atoms with Crippen molar-refractivity contribution < 1.29 is 33.4 Å². The highest BCUT2D eigenvalue weighted by Gasteiger charge is 2.27. The summed E-state index contributed by atoms with van der Waals surface area (Å²) in [4.78, 5) is 46.5. The summed E-state index contributed by atoms with van der Waals surface area (Å²) in [6.07, 6.45) is -1.11. The maximum atomic E-state index is 13.0. The highest BCUT2D eigenvalue weighted by atomic mass is 127. The van der Waals surface area contributed by atoms with E-state index in [0.29, 0.717) is 27.5 Å². The summed E-state index contributed by atoms with van der Waals surface area (Å²) in [6.45, 7) is 3.47. The number of ketones is 1. The Morgan fingerprint density at radius 1 is 0.893 bits per heavy atom. The number of rotatable bonds is 8. The minimum absolute atomic E-state index is 0.0197. The third-order valence-corrected chi connectivity index (χ3v) is 6.90. The molecule has 0 saturated heterocycles. The van der Waals surface area contributed by atoms with E-state index < -0.39 is 24.0 Å². The molecule has 0 spiro atoms. The van der Waals surface area contributed by atoms with E-state index in [0.717, 1.165) is 0 Å². The minimum Gasteiger partial charge on any atom is -0.462 e. The summed E-state index contributed by atoms with van der Waals surface area (Å²) in [5, 5.41) is 0. The lowest BCUT2D eigenvalue weighted by atomic mass is 10.0. The highest BCUT2D eigenvalue weighted by Crippen LogP contribution is 2.35. The monoisotopic (exact) mass is 729 g/mol. The SMILES string of the molecule is CC(=O)OCc1c(I)c(N)c(I)c(C(=O)CC(COC(C)=O)OC(C)=O)c1I. The molecular weight excluding hydrogens is 711 g/mol. The molecule has 28 heavy (non-hydrogen) atoms. The van der Waals surface area contributed by atoms with E-state index in [2.05, 4.69) is 0 Å². The smallest absolute Gasteiger partial charge is 0.303 e. The Bertz CT molecular complexity index is 811. The van der Waals surface area contributed by atoms with E-state index in [9.17, 15) is 19.2 Å². The molecule has 0 heterocycles. The zero-order valence-electron chi connectivity index (χ0n) is 15.3. The van der Waals surface area contributed by atoms with Crippen molar-refractivity contribution in [1.82, 2.24) is 0 Å². The summed E-state index contributed by atoms with van der Waals surface area (Å²) in [6, 6.07) is 0. The van der Waals surface area contributed by atoms with Gasteiger partial charge in [0.25, 0.3) is 0 Å². The Labute approximate surface area is 203 Å². The predicted octanol–water partition coefficient (Wildman–Crippen LogP) is 3.21. The lowest BCUT2D eigenvalue weighted by molar-refractivity contribution is -0.156. The van der Waals surface area contributed by atoms with Crippen LogP contribution in [0.25, 0.3) is 0 Å². The van der Waals surface area contributed by atoms with E-state index in [-0.39, 0.29) is 25.4 Å². The van der Waals surface area contributed by atoms with Crippen LogP contribution in [-0.2, 0) is 35.2 Å². The maximum Gasteiger partial charge on any atom is 0.303 e. The summed E-state index contributed by atoms with van der Waals surface area (Å²) in [5.41, 5.74) is 7.51. The number of hydrogen-bond donors (Lipinski definition) is 1. The van der Waals surface area contributed by atoms with Gasteiger partial charge in [-0.25, -0.2) is 0 Å². The molecule has 1 rings (SSSR count). The largest absolute Gasteiger partial charge is 0.462 e. The summed E-state index contributed by atoms with van der Waals surface area (Å²) in [5.74, 6) is -1.92. The number of carbonyl (C=O) groups is 4. The Hall–Kier alpha value is -0.710. The molecule has 1 aromatic carbocycles. The molecule has 0 aromatic heterocycles. The van der Waals surface area contributed by atoms with Gasteiger partial charge in [-0.3, -0.25) is 19.2 Å². The van der Waals surface area contributed by atoms with Crippen molar-refractivity contribution in [2.75, 3.05) is 12.3 Å². The van der Waals surface area contributed by atoms with Gasteiger partial charge in [-0.05, 0) is 67.8 Å². The first-order valence-corrected chi connectivity index (χ1v) is 11.1. The van der Waals surface area contributed by atoms with Gasteiger partial charge in [0.1, 0.15) is 19.3 Å². The Morgan fingerprint density at radius 2 is 1.46 bits per heavy atom. The van der Waals surface area contributed by atoms with Crippen LogP contribution in [0.2, 0.25) is 0 Å². The van der Waals surface area contributed by atoms with E-state index in [1.165, 1.54) is 20.8 Å². The van der Waals surface area contributed by atoms with Gasteiger partial charge in [-0.15, -0.1) is 0 Å². The van der Waals surface area contributed by atoms with Gasteiger partial charge < -0.3 is 19.9 Å². The molecule has 154 valence electrons. The van der Waals surface area contributed by atoms with Crippen molar-refractivity contribution in [3.63, 3.8) is 0 Å². The summed E-state index contributed by atoms with van der Waals surface area (Å²) >= 11 is 6.02. The molecule has 11 heteroatoms. The zero-order valence-corrected chi connectivity index (χ0v) is 21.7. The third-order valence-electron chi connectivity index (χ3n) is 3.36. The molecule has 0 saturated carbocycles. The fraction of sp³-hybridized carbons (Fsp3) is 0.412. The van der Waals surface area contributed by atoms with Gasteiger partial charge >= 0.3 is 17.9 Å². The molecule has 0 aliphatic carbocycles. The molecule has 1 atom stereocenters. The fourth-order valence-electron chi connectivity index (χ4n) is 2.17. The fourth-order valence-corrected chi connectivity index (χ4v) is 6.25. The van der Waals surface area contributed by atoms with Crippen molar-refractivity contribution in [3.05, 3.63) is 21.8 Å². The molecule has 0 radical (unpaired) electrons. The second-order valence-corrected chi connectivity index (χ2v) is 8.89. The number of carbonyl (C=O) groups excluding carboxylic acids is 4. The van der Waals surface area contributed by atoms with Crippen LogP contribution >= 0.6 is 67.8 Å². The molecule has 0 amide bonds. The van der Waals surface area contributed by atoms with Crippen LogP contribution < -0.4 is 5.73 Å². The van der Waals surface area contributed by atoms with Crippen LogP contribution in [0.5, 0.6) is 0 Å². The van der Waals surface area contributed by atoms with E-state index in [1.54, 1.807) is 0 Å². The van der Waals surface area contributed by atoms with Crippen molar-refractivity contribution in [2.45, 2.75) is 39.9 Å². The molecule has 8 nitrogen and oxygen atoms in total. The van der Waals surface area contributed by atoms with Crippen molar-refractivity contribution in [1.29, 1.82) is 0 Å². The van der Waals surface area contributed by atoms with Gasteiger partial charge in [0.15, 0.2) is 5.78 Å². The number of ether oxygens (including phenoxy) is 3. The first-order valence-electron chi connectivity index (χ1n) is 7.87. The molecule has 1 unspecified atom stereocenters. The van der Waals surface area contributed by atoms with Gasteiger partial charge in [-0.1, -0.05) is 0 Å². The van der Waals surface area contributed by atoms with Crippen LogP contribution in [0.1, 0.15) is 43.1 Å². The van der Waals surface area contributed by atoms with Crippen LogP contribution in [0, 0.1) is 10.7 Å². The lowest BCUT2D eigenvalue weighted by Gasteiger charge is -2.19. The normalized spacial score (nSPS) is 11.5. The second kappa shape index (κ2) is 11.5. The van der Waals surface area contributed by atoms with E-state index in [4.69, 9.17) is 19.9 Å². The Balaban J connectivity index is 3.24. The average Bonchev–Trinajstić information content (AvgIpc) is 2.57. The van der Waals surface area contributed by atoms with Gasteiger partial charge in [0.2, 0.25) is 0 Å². The quantitative estimate of drug-likeness (QED) is 0.143. The number of Topliss-reactive ketones (excluding diaryl/α,β-unsaturated/α-hetero) is 1. The first-order chi connectivity index (χ1) is 13.0. The molecule has 0 bridgehead atoms. The summed E-state index contributed by atoms with van der Waals surface area (Å²) < 4.78 is 16.9. The van der Waals surface area contributed by atoms with Crippen LogP contribution in [0.4, 0.5) is 5.69 Å². The van der Waals surface area contributed by atoms with Gasteiger partial charge in [-0.2, -0.15) is 0 Å². The topological polar surface area (TPSA) is 122 Å². The van der Waals surface area contributed by atoms with Crippen LogP contribution in [0.3, 0.4) is 0 Å². The zero-order chi connectivity index (χ0) is 21.6. The average molecular weight is 729 g/mol. The standard InChI is InChI=1S/C17H18I3NO7/c1-7(22)26-5-10(28-9(3)24)4-12(25)13-14(18)11(6-27-8(2)23)15(19)17(21)16(13)20/h10H,4-6,21H2,1-3H3. The van der Waals surface area contributed by atoms with Crippen LogP contribution in [0.15, 0.2) is 0 Å². The number of anilines is 1. The molecule has 1 aromatic rings. The van der Waals surface area contributed by atoms with E-state index >= 15 is 0 Å². The molecule has 0 fully saturated rings.